The molecule has 1 amide bonds. The second kappa shape index (κ2) is 8.12. The topological polar surface area (TPSA) is 51.2 Å². The van der Waals surface area contributed by atoms with Gasteiger partial charge in [0.15, 0.2) is 0 Å². The Morgan fingerprint density at radius 2 is 1.94 bits per heavy atom. The third kappa shape index (κ3) is 3.99. The van der Waals surface area contributed by atoms with Crippen LogP contribution in [-0.2, 0) is 0 Å². The van der Waals surface area contributed by atoms with Gasteiger partial charge in [-0.1, -0.05) is 18.5 Å². The summed E-state index contributed by atoms with van der Waals surface area (Å²) in [6, 6.07) is 13.5. The molecule has 2 saturated carbocycles. The summed E-state index contributed by atoms with van der Waals surface area (Å²) >= 11 is 5.92. The largest absolute Gasteiger partial charge is 0.490 e. The van der Waals surface area contributed by atoms with Gasteiger partial charge in [-0.3, -0.25) is 9.78 Å². The first-order valence-electron chi connectivity index (χ1n) is 10.8. The molecule has 1 unspecified atom stereocenters. The molecule has 5 atom stereocenters. The van der Waals surface area contributed by atoms with Crippen molar-refractivity contribution in [2.45, 2.75) is 38.3 Å². The molecule has 4 nitrogen and oxygen atoms in total. The molecule has 6 heteroatoms. The Hall–Kier alpha value is -2.66. The summed E-state index contributed by atoms with van der Waals surface area (Å²) < 4.78 is 20.0. The fraction of sp³-hybridized carbons (Fsp3) is 0.360. The molecule has 2 aliphatic carbocycles. The molecule has 0 saturated heterocycles. The van der Waals surface area contributed by atoms with Crippen molar-refractivity contribution in [1.82, 2.24) is 10.3 Å². The molecule has 31 heavy (non-hydrogen) atoms. The van der Waals surface area contributed by atoms with Crippen LogP contribution in [-0.4, -0.2) is 23.0 Å². The van der Waals surface area contributed by atoms with Gasteiger partial charge in [-0.2, -0.15) is 0 Å². The molecule has 5 rings (SSSR count). The van der Waals surface area contributed by atoms with E-state index in [1.165, 1.54) is 12.1 Å². The van der Waals surface area contributed by atoms with Crippen LogP contribution < -0.4 is 10.1 Å². The number of halogens is 2. The molecule has 1 heterocycles. The molecule has 3 aromatic rings. The third-order valence-electron chi connectivity index (χ3n) is 6.75. The summed E-state index contributed by atoms with van der Waals surface area (Å²) in [5.74, 6) is 1.97. The maximum absolute atomic E-state index is 13.7. The van der Waals surface area contributed by atoms with Gasteiger partial charge >= 0.3 is 0 Å². The van der Waals surface area contributed by atoms with E-state index >= 15 is 0 Å². The predicted molar refractivity (Wildman–Crippen MR) is 119 cm³/mol. The predicted octanol–water partition coefficient (Wildman–Crippen LogP) is 5.64. The van der Waals surface area contributed by atoms with Crippen LogP contribution in [0.2, 0.25) is 5.02 Å². The summed E-state index contributed by atoms with van der Waals surface area (Å²) in [4.78, 5) is 16.9. The number of carbonyl (C=O) groups is 1. The van der Waals surface area contributed by atoms with E-state index in [9.17, 15) is 9.18 Å². The van der Waals surface area contributed by atoms with Crippen molar-refractivity contribution in [1.29, 1.82) is 0 Å². The number of hydrogen-bond donors (Lipinski definition) is 1. The SMILES string of the molecule is CCC(NC(=O)c1ccc(Cl)cc1)[C@H]1[C@@H]2C[C@H](Oc3ccnc4ccc(F)cc34)C[C@@H]21. The van der Waals surface area contributed by atoms with Gasteiger partial charge in [-0.25, -0.2) is 4.39 Å². The molecular formula is C25H24ClFN2O2. The van der Waals surface area contributed by atoms with E-state index < -0.39 is 0 Å². The number of nitrogens with zero attached hydrogens (tertiary/aromatic N) is 1. The summed E-state index contributed by atoms with van der Waals surface area (Å²) in [5, 5.41) is 4.55. The van der Waals surface area contributed by atoms with Crippen LogP contribution in [0.1, 0.15) is 36.5 Å². The van der Waals surface area contributed by atoms with Crippen LogP contribution in [0.4, 0.5) is 4.39 Å². The minimum Gasteiger partial charge on any atom is -0.490 e. The lowest BCUT2D eigenvalue weighted by atomic mass is 10.00. The zero-order valence-electron chi connectivity index (χ0n) is 17.2. The van der Waals surface area contributed by atoms with Gasteiger partial charge in [-0.05, 0) is 85.5 Å². The second-order valence-corrected chi connectivity index (χ2v) is 9.02. The fourth-order valence-corrected chi connectivity index (χ4v) is 5.36. The van der Waals surface area contributed by atoms with E-state index in [0.717, 1.165) is 24.8 Å². The molecule has 1 aromatic heterocycles. The Balaban J connectivity index is 1.21. The van der Waals surface area contributed by atoms with Crippen molar-refractivity contribution in [3.63, 3.8) is 0 Å². The van der Waals surface area contributed by atoms with E-state index in [0.29, 0.717) is 39.5 Å². The van der Waals surface area contributed by atoms with Crippen LogP contribution in [0.25, 0.3) is 10.9 Å². The van der Waals surface area contributed by atoms with Crippen molar-refractivity contribution in [2.75, 3.05) is 0 Å². The van der Waals surface area contributed by atoms with Gasteiger partial charge in [0.1, 0.15) is 11.6 Å². The average Bonchev–Trinajstić information content (AvgIpc) is 3.26. The monoisotopic (exact) mass is 438 g/mol. The van der Waals surface area contributed by atoms with Crippen LogP contribution >= 0.6 is 11.6 Å². The molecule has 2 aromatic carbocycles. The molecule has 2 fully saturated rings. The Kier molecular flexibility index (Phi) is 5.30. The van der Waals surface area contributed by atoms with Crippen LogP contribution in [0, 0.1) is 23.6 Å². The molecule has 0 aliphatic heterocycles. The van der Waals surface area contributed by atoms with Crippen molar-refractivity contribution >= 4 is 28.4 Å². The highest BCUT2D eigenvalue weighted by Crippen LogP contribution is 2.60. The summed E-state index contributed by atoms with van der Waals surface area (Å²) in [5.41, 5.74) is 1.36. The number of aromatic nitrogens is 1. The Bertz CT molecular complexity index is 1110. The van der Waals surface area contributed by atoms with Gasteiger partial charge in [0.2, 0.25) is 0 Å². The van der Waals surface area contributed by atoms with E-state index in [1.807, 2.05) is 6.07 Å². The minimum atomic E-state index is -0.290. The highest BCUT2D eigenvalue weighted by Gasteiger charge is 2.59. The van der Waals surface area contributed by atoms with E-state index in [2.05, 4.69) is 17.2 Å². The van der Waals surface area contributed by atoms with Gasteiger partial charge in [0, 0.05) is 28.2 Å². The van der Waals surface area contributed by atoms with Gasteiger partial charge in [0.25, 0.3) is 5.91 Å². The number of pyridine rings is 1. The highest BCUT2D eigenvalue weighted by atomic mass is 35.5. The number of hydrogen-bond acceptors (Lipinski definition) is 3. The normalized spacial score (nSPS) is 25.1. The maximum Gasteiger partial charge on any atom is 0.251 e. The molecule has 0 radical (unpaired) electrons. The third-order valence-corrected chi connectivity index (χ3v) is 7.00. The van der Waals surface area contributed by atoms with Gasteiger partial charge in [-0.15, -0.1) is 0 Å². The zero-order valence-corrected chi connectivity index (χ0v) is 18.0. The van der Waals surface area contributed by atoms with Crippen LogP contribution in [0.3, 0.4) is 0 Å². The number of rotatable bonds is 6. The Morgan fingerprint density at radius 3 is 2.65 bits per heavy atom. The zero-order chi connectivity index (χ0) is 21.5. The highest BCUT2D eigenvalue weighted by molar-refractivity contribution is 6.30. The molecular weight excluding hydrogens is 415 g/mol. The number of ether oxygens (including phenoxy) is 1. The van der Waals surface area contributed by atoms with Crippen molar-refractivity contribution in [3.05, 3.63) is 71.1 Å². The molecule has 0 bridgehead atoms. The van der Waals surface area contributed by atoms with Gasteiger partial charge in [0.05, 0.1) is 11.6 Å². The summed E-state index contributed by atoms with van der Waals surface area (Å²) in [7, 11) is 0. The van der Waals surface area contributed by atoms with Crippen LogP contribution in [0.15, 0.2) is 54.7 Å². The fourth-order valence-electron chi connectivity index (χ4n) is 5.23. The van der Waals surface area contributed by atoms with Crippen molar-refractivity contribution in [2.24, 2.45) is 17.8 Å². The molecule has 2 aliphatic rings. The molecule has 1 N–H and O–H groups in total. The standard InChI is InChI=1S/C25H24ClFN2O2/c1-2-21(29-25(30)14-3-5-15(26)6-4-14)24-18-12-17(13-19(18)24)31-23-9-10-28-22-8-7-16(27)11-20(22)23/h3-11,17-19,21,24H,2,12-13H2,1H3,(H,29,30)/t17-,18+,19-,21?,24-. The number of fused-ring (bicyclic) bond motifs is 2. The van der Waals surface area contributed by atoms with E-state index in [-0.39, 0.29) is 23.9 Å². The number of carbonyl (C=O) groups excluding carboxylic acids is 1. The average molecular weight is 439 g/mol. The second-order valence-electron chi connectivity index (χ2n) is 8.58. The lowest BCUT2D eigenvalue weighted by molar-refractivity contribution is 0.0924. The van der Waals surface area contributed by atoms with Crippen molar-refractivity contribution in [3.8, 4) is 5.75 Å². The van der Waals surface area contributed by atoms with Gasteiger partial charge < -0.3 is 10.1 Å². The summed E-state index contributed by atoms with van der Waals surface area (Å²) in [6.45, 7) is 2.12. The Labute approximate surface area is 185 Å². The lowest BCUT2D eigenvalue weighted by Gasteiger charge is -2.22. The quantitative estimate of drug-likeness (QED) is 0.541. The lowest BCUT2D eigenvalue weighted by Crippen LogP contribution is -2.37. The maximum atomic E-state index is 13.7. The summed E-state index contributed by atoms with van der Waals surface area (Å²) in [6.07, 6.45) is 4.64. The first-order valence-corrected chi connectivity index (χ1v) is 11.2. The van der Waals surface area contributed by atoms with Crippen LogP contribution in [0.5, 0.6) is 5.75 Å². The first kappa shape index (κ1) is 20.3. The number of benzene rings is 2. The van der Waals surface area contributed by atoms with E-state index in [1.54, 1.807) is 36.5 Å². The molecule has 0 spiro atoms. The van der Waals surface area contributed by atoms with E-state index in [4.69, 9.17) is 16.3 Å². The number of nitrogens with one attached hydrogen (secondary N) is 1. The first-order chi connectivity index (χ1) is 15.0. The molecule has 160 valence electrons. The number of amides is 1. The smallest absolute Gasteiger partial charge is 0.251 e. The Morgan fingerprint density at radius 1 is 1.19 bits per heavy atom. The minimum absolute atomic E-state index is 0.0495. The van der Waals surface area contributed by atoms with Crippen molar-refractivity contribution < 1.29 is 13.9 Å².